The van der Waals surface area contributed by atoms with Crippen molar-refractivity contribution in [3.63, 3.8) is 0 Å². The molecule has 21 heavy (non-hydrogen) atoms. The van der Waals surface area contributed by atoms with Crippen molar-refractivity contribution in [3.05, 3.63) is 41.6 Å². The van der Waals surface area contributed by atoms with Gasteiger partial charge in [-0.25, -0.2) is 0 Å². The zero-order chi connectivity index (χ0) is 14.9. The Morgan fingerprint density at radius 1 is 1.43 bits per heavy atom. The number of hydrogen-bond acceptors (Lipinski definition) is 4. The molecule has 1 fully saturated rings. The van der Waals surface area contributed by atoms with Crippen LogP contribution in [0.3, 0.4) is 0 Å². The maximum absolute atomic E-state index is 11.9. The molecular formula is C16H15N3O2. The summed E-state index contributed by atoms with van der Waals surface area (Å²) in [4.78, 5) is 11.9. The highest BCUT2D eigenvalue weighted by atomic mass is 16.5. The van der Waals surface area contributed by atoms with E-state index in [4.69, 9.17) is 9.78 Å². The minimum atomic E-state index is -0.806. The molecule has 0 atom stereocenters. The Hall–Kier alpha value is -2.61. The lowest BCUT2D eigenvalue weighted by Gasteiger charge is -2.06. The maximum Gasteiger partial charge on any atom is 0.240 e. The van der Waals surface area contributed by atoms with E-state index in [0.717, 1.165) is 11.1 Å². The summed E-state index contributed by atoms with van der Waals surface area (Å²) in [6.07, 6.45) is 1.28. The summed E-state index contributed by atoms with van der Waals surface area (Å²) in [5, 5.41) is 15.8. The third-order valence-electron chi connectivity index (χ3n) is 3.87. The third kappa shape index (κ3) is 2.40. The fourth-order valence-corrected chi connectivity index (χ4v) is 2.24. The molecule has 1 aliphatic carbocycles. The highest BCUT2D eigenvalue weighted by Gasteiger charge is 2.50. The number of nitrogens with zero attached hydrogens (tertiary/aromatic N) is 2. The smallest absolute Gasteiger partial charge is 0.240 e. The second kappa shape index (κ2) is 5.06. The maximum atomic E-state index is 11.9. The molecule has 0 saturated heterocycles. The Morgan fingerprint density at radius 3 is 2.76 bits per heavy atom. The topological polar surface area (TPSA) is 78.9 Å². The van der Waals surface area contributed by atoms with Gasteiger partial charge in [0.2, 0.25) is 5.91 Å². The van der Waals surface area contributed by atoms with Gasteiger partial charge in [0.25, 0.3) is 0 Å². The molecule has 1 aliphatic rings. The van der Waals surface area contributed by atoms with Crippen molar-refractivity contribution >= 4 is 5.91 Å². The standard InChI is InChI=1S/C16H15N3O2/c1-11-13(9-18-15(20)16(10-17)7-8-16)19-21-14(11)12-5-3-2-4-6-12/h2-6H,7-9H2,1H3,(H,18,20). The number of carbonyl (C=O) groups excluding carboxylic acids is 1. The Balaban J connectivity index is 1.72. The molecule has 1 saturated carbocycles. The molecule has 1 heterocycles. The third-order valence-corrected chi connectivity index (χ3v) is 3.87. The van der Waals surface area contributed by atoms with Crippen LogP contribution in [0, 0.1) is 23.7 Å². The van der Waals surface area contributed by atoms with Gasteiger partial charge < -0.3 is 9.84 Å². The van der Waals surface area contributed by atoms with Crippen LogP contribution in [0.2, 0.25) is 0 Å². The van der Waals surface area contributed by atoms with Crippen LogP contribution in [0.4, 0.5) is 0 Å². The van der Waals surface area contributed by atoms with Crippen molar-refractivity contribution < 1.29 is 9.32 Å². The van der Waals surface area contributed by atoms with E-state index < -0.39 is 5.41 Å². The fraction of sp³-hybridized carbons (Fsp3) is 0.312. The first-order valence-electron chi connectivity index (χ1n) is 6.86. The number of aromatic nitrogens is 1. The second-order valence-electron chi connectivity index (χ2n) is 5.33. The molecular weight excluding hydrogens is 266 g/mol. The Labute approximate surface area is 122 Å². The first-order valence-corrected chi connectivity index (χ1v) is 6.86. The summed E-state index contributed by atoms with van der Waals surface area (Å²) < 4.78 is 5.38. The van der Waals surface area contributed by atoms with Crippen LogP contribution < -0.4 is 5.32 Å². The molecule has 0 bridgehead atoms. The number of benzene rings is 1. The van der Waals surface area contributed by atoms with Crippen LogP contribution in [-0.4, -0.2) is 11.1 Å². The zero-order valence-electron chi connectivity index (χ0n) is 11.7. The number of nitrogens with one attached hydrogen (secondary N) is 1. The van der Waals surface area contributed by atoms with Crippen molar-refractivity contribution in [3.8, 4) is 17.4 Å². The molecule has 1 aromatic carbocycles. The molecule has 5 nitrogen and oxygen atoms in total. The number of amides is 1. The highest BCUT2D eigenvalue weighted by molar-refractivity contribution is 5.88. The number of rotatable bonds is 4. The van der Waals surface area contributed by atoms with Gasteiger partial charge in [-0.05, 0) is 19.8 Å². The van der Waals surface area contributed by atoms with Gasteiger partial charge in [0.15, 0.2) is 5.76 Å². The number of carbonyl (C=O) groups is 1. The van der Waals surface area contributed by atoms with Crippen molar-refractivity contribution in [1.29, 1.82) is 5.26 Å². The van der Waals surface area contributed by atoms with E-state index in [2.05, 4.69) is 16.5 Å². The summed E-state index contributed by atoms with van der Waals surface area (Å²) in [7, 11) is 0. The molecule has 106 valence electrons. The Morgan fingerprint density at radius 2 is 2.14 bits per heavy atom. The predicted molar refractivity (Wildman–Crippen MR) is 75.8 cm³/mol. The van der Waals surface area contributed by atoms with Gasteiger partial charge in [-0.3, -0.25) is 4.79 Å². The van der Waals surface area contributed by atoms with E-state index in [0.29, 0.717) is 24.3 Å². The van der Waals surface area contributed by atoms with E-state index in [1.807, 2.05) is 37.3 Å². The lowest BCUT2D eigenvalue weighted by Crippen LogP contribution is -2.30. The normalized spacial score (nSPS) is 15.2. The molecule has 1 N–H and O–H groups in total. The van der Waals surface area contributed by atoms with Crippen LogP contribution in [0.5, 0.6) is 0 Å². The molecule has 1 amide bonds. The van der Waals surface area contributed by atoms with Gasteiger partial charge in [0.05, 0.1) is 12.6 Å². The van der Waals surface area contributed by atoms with Gasteiger partial charge in [-0.2, -0.15) is 5.26 Å². The summed E-state index contributed by atoms with van der Waals surface area (Å²) in [6, 6.07) is 11.8. The fourth-order valence-electron chi connectivity index (χ4n) is 2.24. The molecule has 0 aliphatic heterocycles. The largest absolute Gasteiger partial charge is 0.356 e. The predicted octanol–water partition coefficient (Wildman–Crippen LogP) is 2.57. The van der Waals surface area contributed by atoms with Gasteiger partial charge >= 0.3 is 0 Å². The molecule has 0 radical (unpaired) electrons. The second-order valence-corrected chi connectivity index (χ2v) is 5.33. The minimum absolute atomic E-state index is 0.214. The minimum Gasteiger partial charge on any atom is -0.356 e. The lowest BCUT2D eigenvalue weighted by molar-refractivity contribution is -0.124. The zero-order valence-corrected chi connectivity index (χ0v) is 11.7. The number of nitriles is 1. The molecule has 5 heteroatoms. The van der Waals surface area contributed by atoms with E-state index in [1.165, 1.54) is 0 Å². The summed E-state index contributed by atoms with van der Waals surface area (Å²) in [6.45, 7) is 2.20. The molecule has 2 aromatic rings. The number of hydrogen-bond donors (Lipinski definition) is 1. The summed E-state index contributed by atoms with van der Waals surface area (Å²) >= 11 is 0. The van der Waals surface area contributed by atoms with Crippen LogP contribution in [-0.2, 0) is 11.3 Å². The van der Waals surface area contributed by atoms with E-state index in [1.54, 1.807) is 0 Å². The van der Waals surface area contributed by atoms with Crippen LogP contribution >= 0.6 is 0 Å². The van der Waals surface area contributed by atoms with Crippen molar-refractivity contribution in [2.45, 2.75) is 26.3 Å². The highest BCUT2D eigenvalue weighted by Crippen LogP contribution is 2.45. The van der Waals surface area contributed by atoms with Gasteiger partial charge in [0.1, 0.15) is 11.1 Å². The quantitative estimate of drug-likeness (QED) is 0.934. The van der Waals surface area contributed by atoms with Gasteiger partial charge in [0, 0.05) is 11.1 Å². The molecule has 0 unspecified atom stereocenters. The van der Waals surface area contributed by atoms with Crippen LogP contribution in [0.15, 0.2) is 34.9 Å². The monoisotopic (exact) mass is 281 g/mol. The van der Waals surface area contributed by atoms with Crippen LogP contribution in [0.25, 0.3) is 11.3 Å². The summed E-state index contributed by atoms with van der Waals surface area (Å²) in [5.41, 5.74) is 1.75. The van der Waals surface area contributed by atoms with Crippen molar-refractivity contribution in [2.24, 2.45) is 5.41 Å². The van der Waals surface area contributed by atoms with Gasteiger partial charge in [-0.1, -0.05) is 35.5 Å². The molecule has 0 spiro atoms. The first-order chi connectivity index (χ1) is 10.2. The van der Waals surface area contributed by atoms with E-state index in [9.17, 15) is 4.79 Å². The summed E-state index contributed by atoms with van der Waals surface area (Å²) in [5.74, 6) is 0.495. The van der Waals surface area contributed by atoms with Crippen molar-refractivity contribution in [2.75, 3.05) is 0 Å². The Bertz CT molecular complexity index is 709. The average molecular weight is 281 g/mol. The lowest BCUT2D eigenvalue weighted by atomic mass is 10.1. The molecule has 3 rings (SSSR count). The average Bonchev–Trinajstić information content (AvgIpc) is 3.24. The van der Waals surface area contributed by atoms with E-state index >= 15 is 0 Å². The van der Waals surface area contributed by atoms with Crippen LogP contribution in [0.1, 0.15) is 24.1 Å². The molecule has 1 aromatic heterocycles. The SMILES string of the molecule is Cc1c(CNC(=O)C2(C#N)CC2)noc1-c1ccccc1. The van der Waals surface area contributed by atoms with Crippen molar-refractivity contribution in [1.82, 2.24) is 10.5 Å². The first kappa shape index (κ1) is 13.4. The Kier molecular flexibility index (Phi) is 3.22. The van der Waals surface area contributed by atoms with Gasteiger partial charge in [-0.15, -0.1) is 0 Å². The van der Waals surface area contributed by atoms with E-state index in [-0.39, 0.29) is 12.5 Å².